The van der Waals surface area contributed by atoms with Crippen molar-refractivity contribution >= 4 is 6.29 Å². The maximum atomic E-state index is 12.7. The lowest BCUT2D eigenvalue weighted by Gasteiger charge is -2.31. The lowest BCUT2D eigenvalue weighted by atomic mass is 9.79. The van der Waals surface area contributed by atoms with Gasteiger partial charge in [-0.25, -0.2) is 8.78 Å². The molecule has 1 aliphatic carbocycles. The van der Waals surface area contributed by atoms with Crippen LogP contribution >= 0.6 is 0 Å². The molecule has 1 heterocycles. The minimum atomic E-state index is -2.52. The van der Waals surface area contributed by atoms with Crippen LogP contribution in [0.1, 0.15) is 25.7 Å². The van der Waals surface area contributed by atoms with Gasteiger partial charge in [0.15, 0.2) is 0 Å². The van der Waals surface area contributed by atoms with Gasteiger partial charge in [0.25, 0.3) is 5.92 Å². The summed E-state index contributed by atoms with van der Waals surface area (Å²) in [5.41, 5.74) is -0.622. The Morgan fingerprint density at radius 1 is 1.50 bits per heavy atom. The Labute approximate surface area is 81.6 Å². The van der Waals surface area contributed by atoms with Crippen LogP contribution in [0.15, 0.2) is 0 Å². The molecule has 0 aromatic carbocycles. The van der Waals surface area contributed by atoms with Crippen LogP contribution in [0.4, 0.5) is 8.78 Å². The SMILES string of the molecule is O=CC1(CC2CC2(F)F)CCCOC1. The lowest BCUT2D eigenvalue weighted by Crippen LogP contribution is -2.34. The summed E-state index contributed by atoms with van der Waals surface area (Å²) in [5, 5.41) is 0. The van der Waals surface area contributed by atoms with Crippen LogP contribution in [0.2, 0.25) is 0 Å². The summed E-state index contributed by atoms with van der Waals surface area (Å²) in [6, 6.07) is 0. The Bertz CT molecular complexity index is 234. The third-order valence-corrected chi connectivity index (χ3v) is 3.21. The number of ether oxygens (including phenoxy) is 1. The molecule has 2 fully saturated rings. The standard InChI is InChI=1S/C10H14F2O2/c11-10(12)5-8(10)4-9(6-13)2-1-3-14-7-9/h6,8H,1-5,7H2. The number of halogens is 2. The Morgan fingerprint density at radius 2 is 2.21 bits per heavy atom. The smallest absolute Gasteiger partial charge is 0.251 e. The molecule has 1 saturated carbocycles. The first-order chi connectivity index (χ1) is 6.58. The van der Waals surface area contributed by atoms with E-state index in [1.54, 1.807) is 0 Å². The molecule has 0 N–H and O–H groups in total. The summed E-state index contributed by atoms with van der Waals surface area (Å²) in [7, 11) is 0. The Kier molecular flexibility index (Phi) is 2.33. The average Bonchev–Trinajstić information content (AvgIpc) is 2.75. The Hall–Kier alpha value is -0.510. The molecular formula is C10H14F2O2. The molecule has 80 valence electrons. The highest BCUT2D eigenvalue weighted by Crippen LogP contribution is 2.54. The summed E-state index contributed by atoms with van der Waals surface area (Å²) in [6.45, 7) is 0.972. The summed E-state index contributed by atoms with van der Waals surface area (Å²) >= 11 is 0. The van der Waals surface area contributed by atoms with E-state index in [4.69, 9.17) is 4.74 Å². The van der Waals surface area contributed by atoms with Gasteiger partial charge < -0.3 is 9.53 Å². The summed E-state index contributed by atoms with van der Waals surface area (Å²) < 4.78 is 30.6. The lowest BCUT2D eigenvalue weighted by molar-refractivity contribution is -0.125. The zero-order valence-corrected chi connectivity index (χ0v) is 7.97. The van der Waals surface area contributed by atoms with Crippen LogP contribution in [-0.2, 0) is 9.53 Å². The van der Waals surface area contributed by atoms with Gasteiger partial charge in [-0.2, -0.15) is 0 Å². The number of hydrogen-bond donors (Lipinski definition) is 0. The minimum Gasteiger partial charge on any atom is -0.380 e. The summed E-state index contributed by atoms with van der Waals surface area (Å²) in [4.78, 5) is 10.9. The third kappa shape index (κ3) is 1.80. The van der Waals surface area contributed by atoms with Crippen LogP contribution in [-0.4, -0.2) is 25.4 Å². The van der Waals surface area contributed by atoms with Gasteiger partial charge in [0, 0.05) is 24.4 Å². The quantitative estimate of drug-likeness (QED) is 0.657. The van der Waals surface area contributed by atoms with E-state index in [0.717, 1.165) is 12.7 Å². The van der Waals surface area contributed by atoms with Crippen LogP contribution in [0.25, 0.3) is 0 Å². The van der Waals surface area contributed by atoms with Crippen molar-refractivity contribution in [3.8, 4) is 0 Å². The molecule has 0 aromatic heterocycles. The highest BCUT2D eigenvalue weighted by molar-refractivity contribution is 5.60. The van der Waals surface area contributed by atoms with Crippen molar-refractivity contribution in [2.45, 2.75) is 31.6 Å². The van der Waals surface area contributed by atoms with Crippen LogP contribution in [0.5, 0.6) is 0 Å². The maximum absolute atomic E-state index is 12.7. The van der Waals surface area contributed by atoms with E-state index < -0.39 is 17.3 Å². The van der Waals surface area contributed by atoms with E-state index in [2.05, 4.69) is 0 Å². The van der Waals surface area contributed by atoms with Crippen molar-refractivity contribution in [3.05, 3.63) is 0 Å². The Morgan fingerprint density at radius 3 is 2.64 bits per heavy atom. The number of alkyl halides is 2. The zero-order valence-electron chi connectivity index (χ0n) is 7.97. The molecule has 0 aromatic rings. The molecule has 2 aliphatic rings. The van der Waals surface area contributed by atoms with Gasteiger partial charge in [-0.1, -0.05) is 0 Å². The zero-order chi connectivity index (χ0) is 10.2. The monoisotopic (exact) mass is 204 g/mol. The molecule has 4 heteroatoms. The van der Waals surface area contributed by atoms with Crippen molar-refractivity contribution in [3.63, 3.8) is 0 Å². The average molecular weight is 204 g/mol. The molecule has 0 radical (unpaired) electrons. The molecule has 0 amide bonds. The number of rotatable bonds is 3. The predicted molar refractivity (Wildman–Crippen MR) is 46.2 cm³/mol. The topological polar surface area (TPSA) is 26.3 Å². The molecular weight excluding hydrogens is 190 g/mol. The Balaban J connectivity index is 1.95. The molecule has 1 aliphatic heterocycles. The first-order valence-corrected chi connectivity index (χ1v) is 5.00. The summed E-state index contributed by atoms with van der Waals surface area (Å²) in [6.07, 6.45) is 2.56. The third-order valence-electron chi connectivity index (χ3n) is 3.21. The van der Waals surface area contributed by atoms with Crippen LogP contribution < -0.4 is 0 Å². The van der Waals surface area contributed by atoms with Crippen LogP contribution in [0.3, 0.4) is 0 Å². The number of carbonyl (C=O) groups excluding carboxylic acids is 1. The van der Waals surface area contributed by atoms with E-state index in [9.17, 15) is 13.6 Å². The first-order valence-electron chi connectivity index (χ1n) is 5.00. The second-order valence-corrected chi connectivity index (χ2v) is 4.50. The fourth-order valence-electron chi connectivity index (χ4n) is 2.16. The highest BCUT2D eigenvalue weighted by atomic mass is 19.3. The van der Waals surface area contributed by atoms with E-state index in [0.29, 0.717) is 26.1 Å². The fraction of sp³-hybridized carbons (Fsp3) is 0.900. The van der Waals surface area contributed by atoms with Crippen molar-refractivity contribution in [1.29, 1.82) is 0 Å². The second kappa shape index (κ2) is 3.26. The van der Waals surface area contributed by atoms with Gasteiger partial charge >= 0.3 is 0 Å². The van der Waals surface area contributed by atoms with E-state index in [-0.39, 0.29) is 6.42 Å². The molecule has 2 unspecified atom stereocenters. The number of hydrogen-bond acceptors (Lipinski definition) is 2. The second-order valence-electron chi connectivity index (χ2n) is 4.50. The van der Waals surface area contributed by atoms with E-state index in [1.165, 1.54) is 0 Å². The minimum absolute atomic E-state index is 0.0530. The van der Waals surface area contributed by atoms with Crippen molar-refractivity contribution in [2.24, 2.45) is 11.3 Å². The van der Waals surface area contributed by atoms with Gasteiger partial charge in [-0.05, 0) is 19.3 Å². The molecule has 1 saturated heterocycles. The molecule has 0 bridgehead atoms. The molecule has 2 atom stereocenters. The molecule has 14 heavy (non-hydrogen) atoms. The van der Waals surface area contributed by atoms with Crippen molar-refractivity contribution in [2.75, 3.05) is 13.2 Å². The van der Waals surface area contributed by atoms with Crippen molar-refractivity contribution in [1.82, 2.24) is 0 Å². The van der Waals surface area contributed by atoms with Crippen LogP contribution in [0, 0.1) is 11.3 Å². The highest BCUT2D eigenvalue weighted by Gasteiger charge is 2.59. The van der Waals surface area contributed by atoms with Gasteiger partial charge in [-0.3, -0.25) is 0 Å². The van der Waals surface area contributed by atoms with Gasteiger partial charge in [0.05, 0.1) is 6.61 Å². The van der Waals surface area contributed by atoms with E-state index in [1.807, 2.05) is 0 Å². The summed E-state index contributed by atoms with van der Waals surface area (Å²) in [5.74, 6) is -3.11. The normalized spacial score (nSPS) is 40.6. The largest absolute Gasteiger partial charge is 0.380 e. The first kappa shape index (κ1) is 10.0. The van der Waals surface area contributed by atoms with Gasteiger partial charge in [-0.15, -0.1) is 0 Å². The molecule has 2 nitrogen and oxygen atoms in total. The molecule has 0 spiro atoms. The van der Waals surface area contributed by atoms with Gasteiger partial charge in [0.1, 0.15) is 6.29 Å². The van der Waals surface area contributed by atoms with Crippen molar-refractivity contribution < 1.29 is 18.3 Å². The number of carbonyl (C=O) groups is 1. The fourth-order valence-corrected chi connectivity index (χ4v) is 2.16. The molecule has 2 rings (SSSR count). The predicted octanol–water partition coefficient (Wildman–Crippen LogP) is 2.03. The van der Waals surface area contributed by atoms with E-state index >= 15 is 0 Å². The van der Waals surface area contributed by atoms with Gasteiger partial charge in [0.2, 0.25) is 0 Å². The maximum Gasteiger partial charge on any atom is 0.251 e. The number of aldehydes is 1.